The number of hydrogen-bond donors (Lipinski definition) is 0. The van der Waals surface area contributed by atoms with Gasteiger partial charge in [-0.1, -0.05) is 25.1 Å². The Labute approximate surface area is 120 Å². The fourth-order valence-corrected chi connectivity index (χ4v) is 3.15. The maximum absolute atomic E-state index is 12.3. The van der Waals surface area contributed by atoms with E-state index in [1.165, 1.54) is 7.11 Å². The SMILES string of the molecule is COC(=O)CC(C)S(=O)Cc1ccnc2ccccc12. The lowest BCUT2D eigenvalue weighted by Gasteiger charge is -2.11. The molecule has 2 unspecified atom stereocenters. The highest BCUT2D eigenvalue weighted by molar-refractivity contribution is 7.84. The highest BCUT2D eigenvalue weighted by Crippen LogP contribution is 2.19. The monoisotopic (exact) mass is 291 g/mol. The maximum atomic E-state index is 12.3. The maximum Gasteiger partial charge on any atom is 0.306 e. The molecular formula is C15H17NO3S. The van der Waals surface area contributed by atoms with Crippen molar-refractivity contribution in [3.05, 3.63) is 42.1 Å². The fraction of sp³-hybridized carbons (Fsp3) is 0.333. The van der Waals surface area contributed by atoms with Crippen molar-refractivity contribution in [3.63, 3.8) is 0 Å². The van der Waals surface area contributed by atoms with E-state index in [0.29, 0.717) is 5.75 Å². The van der Waals surface area contributed by atoms with Gasteiger partial charge in [0.15, 0.2) is 0 Å². The topological polar surface area (TPSA) is 56.3 Å². The van der Waals surface area contributed by atoms with Crippen molar-refractivity contribution < 1.29 is 13.7 Å². The summed E-state index contributed by atoms with van der Waals surface area (Å²) in [6.45, 7) is 1.80. The summed E-state index contributed by atoms with van der Waals surface area (Å²) < 4.78 is 16.9. The van der Waals surface area contributed by atoms with Crippen LogP contribution in [0.3, 0.4) is 0 Å². The van der Waals surface area contributed by atoms with Crippen molar-refractivity contribution in [2.45, 2.75) is 24.3 Å². The van der Waals surface area contributed by atoms with Crippen LogP contribution in [0.25, 0.3) is 10.9 Å². The lowest BCUT2D eigenvalue weighted by Crippen LogP contribution is -2.18. The van der Waals surface area contributed by atoms with Crippen LogP contribution in [0, 0.1) is 0 Å². The predicted molar refractivity (Wildman–Crippen MR) is 79.7 cm³/mol. The number of rotatable bonds is 5. The van der Waals surface area contributed by atoms with Crippen LogP contribution in [0.15, 0.2) is 36.5 Å². The minimum atomic E-state index is -1.12. The van der Waals surface area contributed by atoms with Gasteiger partial charge in [0.25, 0.3) is 0 Å². The van der Waals surface area contributed by atoms with E-state index in [1.807, 2.05) is 30.3 Å². The summed E-state index contributed by atoms with van der Waals surface area (Å²) in [5, 5.41) is 0.781. The molecule has 4 nitrogen and oxygen atoms in total. The van der Waals surface area contributed by atoms with E-state index in [2.05, 4.69) is 9.72 Å². The number of ether oxygens (including phenoxy) is 1. The Morgan fingerprint density at radius 2 is 2.10 bits per heavy atom. The average molecular weight is 291 g/mol. The van der Waals surface area contributed by atoms with Gasteiger partial charge in [0.1, 0.15) is 0 Å². The molecule has 0 spiro atoms. The molecule has 0 amide bonds. The molecule has 1 heterocycles. The molecular weight excluding hydrogens is 274 g/mol. The molecule has 0 saturated carbocycles. The lowest BCUT2D eigenvalue weighted by atomic mass is 10.1. The first-order chi connectivity index (χ1) is 9.61. The fourth-order valence-electron chi connectivity index (χ4n) is 1.99. The number of carbonyl (C=O) groups excluding carboxylic acids is 1. The minimum absolute atomic E-state index is 0.173. The lowest BCUT2D eigenvalue weighted by molar-refractivity contribution is -0.140. The molecule has 0 aliphatic carbocycles. The molecule has 0 N–H and O–H groups in total. The molecule has 0 saturated heterocycles. The Balaban J connectivity index is 2.16. The van der Waals surface area contributed by atoms with Gasteiger partial charge in [0.2, 0.25) is 0 Å². The van der Waals surface area contributed by atoms with Gasteiger partial charge < -0.3 is 4.74 Å². The summed E-state index contributed by atoms with van der Waals surface area (Å²) in [6, 6.07) is 9.65. The number of carbonyl (C=O) groups is 1. The number of hydrogen-bond acceptors (Lipinski definition) is 4. The van der Waals surface area contributed by atoms with Crippen LogP contribution in [0.2, 0.25) is 0 Å². The molecule has 0 aliphatic heterocycles. The number of para-hydroxylation sites is 1. The number of nitrogens with zero attached hydrogens (tertiary/aromatic N) is 1. The number of pyridine rings is 1. The van der Waals surface area contributed by atoms with Crippen LogP contribution in [0.5, 0.6) is 0 Å². The van der Waals surface area contributed by atoms with Crippen LogP contribution in [-0.4, -0.2) is 27.5 Å². The van der Waals surface area contributed by atoms with Crippen molar-refractivity contribution in [1.82, 2.24) is 4.98 Å². The van der Waals surface area contributed by atoms with Crippen LogP contribution in [0.4, 0.5) is 0 Å². The third-order valence-electron chi connectivity index (χ3n) is 3.17. The number of fused-ring (bicyclic) bond motifs is 1. The Morgan fingerprint density at radius 1 is 1.35 bits per heavy atom. The normalized spacial score (nSPS) is 13.9. The molecule has 0 fully saturated rings. The molecule has 0 radical (unpaired) electrons. The molecule has 2 atom stereocenters. The van der Waals surface area contributed by atoms with Crippen molar-refractivity contribution in [2.24, 2.45) is 0 Å². The summed E-state index contributed by atoms with van der Waals surface area (Å²) in [6.07, 6.45) is 1.89. The molecule has 20 heavy (non-hydrogen) atoms. The van der Waals surface area contributed by atoms with E-state index in [9.17, 15) is 9.00 Å². The quantitative estimate of drug-likeness (QED) is 0.794. The number of esters is 1. The van der Waals surface area contributed by atoms with E-state index in [4.69, 9.17) is 0 Å². The summed E-state index contributed by atoms with van der Waals surface area (Å²) >= 11 is 0. The average Bonchev–Trinajstić information content (AvgIpc) is 2.47. The summed E-state index contributed by atoms with van der Waals surface area (Å²) in [7, 11) is 0.219. The van der Waals surface area contributed by atoms with Crippen LogP contribution in [-0.2, 0) is 26.1 Å². The van der Waals surface area contributed by atoms with Gasteiger partial charge in [-0.05, 0) is 17.7 Å². The van der Waals surface area contributed by atoms with Gasteiger partial charge in [0, 0.05) is 33.4 Å². The summed E-state index contributed by atoms with van der Waals surface area (Å²) in [4.78, 5) is 15.5. The second-order valence-corrected chi connectivity index (χ2v) is 6.46. The van der Waals surface area contributed by atoms with Gasteiger partial charge in [-0.15, -0.1) is 0 Å². The summed E-state index contributed by atoms with van der Waals surface area (Å²) in [5.74, 6) is 0.0896. The van der Waals surface area contributed by atoms with E-state index in [-0.39, 0.29) is 17.6 Å². The minimum Gasteiger partial charge on any atom is -0.469 e. The first-order valence-corrected chi connectivity index (χ1v) is 7.76. The molecule has 0 aliphatic rings. The smallest absolute Gasteiger partial charge is 0.306 e. The first-order valence-electron chi connectivity index (χ1n) is 6.38. The first kappa shape index (κ1) is 14.7. The second-order valence-electron chi connectivity index (χ2n) is 4.60. The zero-order valence-electron chi connectivity index (χ0n) is 11.5. The van der Waals surface area contributed by atoms with Crippen molar-refractivity contribution in [3.8, 4) is 0 Å². The predicted octanol–water partition coefficient (Wildman–Crippen LogP) is 2.44. The van der Waals surface area contributed by atoms with Gasteiger partial charge in [-0.3, -0.25) is 14.0 Å². The van der Waals surface area contributed by atoms with E-state index < -0.39 is 10.8 Å². The Kier molecular flexibility index (Phi) is 4.84. The number of benzene rings is 1. The number of methoxy groups -OCH3 is 1. The Morgan fingerprint density at radius 3 is 2.85 bits per heavy atom. The number of aromatic nitrogens is 1. The molecule has 1 aromatic heterocycles. The summed E-state index contributed by atoms with van der Waals surface area (Å²) in [5.41, 5.74) is 1.88. The highest BCUT2D eigenvalue weighted by Gasteiger charge is 2.17. The van der Waals surface area contributed by atoms with Gasteiger partial charge in [-0.25, -0.2) is 0 Å². The van der Waals surface area contributed by atoms with Crippen molar-refractivity contribution in [2.75, 3.05) is 7.11 Å². The van der Waals surface area contributed by atoms with Crippen molar-refractivity contribution >= 4 is 27.7 Å². The zero-order chi connectivity index (χ0) is 14.5. The largest absolute Gasteiger partial charge is 0.469 e. The van der Waals surface area contributed by atoms with E-state index >= 15 is 0 Å². The third kappa shape index (κ3) is 3.42. The van der Waals surface area contributed by atoms with Crippen LogP contribution >= 0.6 is 0 Å². The van der Waals surface area contributed by atoms with E-state index in [1.54, 1.807) is 13.1 Å². The highest BCUT2D eigenvalue weighted by atomic mass is 32.2. The van der Waals surface area contributed by atoms with Crippen molar-refractivity contribution in [1.29, 1.82) is 0 Å². The molecule has 1 aromatic carbocycles. The Bertz CT molecular complexity index is 637. The molecule has 2 aromatic rings. The standard InChI is InChI=1S/C15H17NO3S/c1-11(9-15(17)19-2)20(18)10-12-7-8-16-14-6-4-3-5-13(12)14/h3-8,11H,9-10H2,1-2H3. The van der Waals surface area contributed by atoms with Gasteiger partial charge in [-0.2, -0.15) is 0 Å². The van der Waals surface area contributed by atoms with Gasteiger partial charge >= 0.3 is 5.97 Å². The Hall–Kier alpha value is -1.75. The molecule has 106 valence electrons. The molecule has 5 heteroatoms. The van der Waals surface area contributed by atoms with Gasteiger partial charge in [0.05, 0.1) is 19.0 Å². The molecule has 0 bridgehead atoms. The third-order valence-corrected chi connectivity index (χ3v) is 4.83. The zero-order valence-corrected chi connectivity index (χ0v) is 12.4. The van der Waals surface area contributed by atoms with Crippen LogP contribution < -0.4 is 0 Å². The van der Waals surface area contributed by atoms with Crippen LogP contribution in [0.1, 0.15) is 18.9 Å². The molecule has 2 rings (SSSR count). The van der Waals surface area contributed by atoms with E-state index in [0.717, 1.165) is 16.5 Å². The second kappa shape index (κ2) is 6.61.